The Bertz CT molecular complexity index is 1010. The normalized spacial score (nSPS) is 18.8. The third-order valence-electron chi connectivity index (χ3n) is 5.94. The van der Waals surface area contributed by atoms with E-state index in [1.165, 1.54) is 0 Å². The molecule has 0 radical (unpaired) electrons. The minimum Gasteiger partial charge on any atom is -0.310 e. The van der Waals surface area contributed by atoms with Gasteiger partial charge in [0.15, 0.2) is 0 Å². The van der Waals surface area contributed by atoms with Crippen LogP contribution in [0.15, 0.2) is 42.2 Å². The number of thiazole rings is 1. The Kier molecular flexibility index (Phi) is 4.36. The third kappa shape index (κ3) is 3.18. The van der Waals surface area contributed by atoms with Crippen LogP contribution in [0, 0.1) is 11.3 Å². The largest absolute Gasteiger partial charge is 0.310 e. The standard InChI is InChI=1S/C21H21FN4OS/c22-3-4-26-11-21(12-26)7-17(8-21)20(27)25-19-6-16-5-14(18-10-23-13-28-18)1-2-15(16)9-24-19/h1-2,5-6,9-10,13,17H,3-4,7-8,11-12H2,(H,24,25,27). The maximum Gasteiger partial charge on any atom is 0.228 e. The van der Waals surface area contributed by atoms with E-state index in [-0.39, 0.29) is 23.9 Å². The second-order valence-electron chi connectivity index (χ2n) is 7.99. The molecule has 1 aliphatic heterocycles. The fourth-order valence-corrected chi connectivity index (χ4v) is 5.18. The van der Waals surface area contributed by atoms with E-state index in [4.69, 9.17) is 0 Å². The van der Waals surface area contributed by atoms with Gasteiger partial charge in [-0.3, -0.25) is 14.7 Å². The summed E-state index contributed by atoms with van der Waals surface area (Å²) in [5.74, 6) is 0.668. The van der Waals surface area contributed by atoms with E-state index in [2.05, 4.69) is 32.3 Å². The molecule has 1 aromatic carbocycles. The topological polar surface area (TPSA) is 58.1 Å². The predicted octanol–water partition coefficient (Wildman–Crippen LogP) is 3.98. The number of aromatic nitrogens is 2. The van der Waals surface area contributed by atoms with Gasteiger partial charge in [-0.1, -0.05) is 12.1 Å². The highest BCUT2D eigenvalue weighted by molar-refractivity contribution is 7.13. The van der Waals surface area contributed by atoms with Gasteiger partial charge in [-0.2, -0.15) is 0 Å². The molecule has 0 bridgehead atoms. The number of nitrogens with one attached hydrogen (secondary N) is 1. The molecule has 1 amide bonds. The zero-order chi connectivity index (χ0) is 19.1. The van der Waals surface area contributed by atoms with Gasteiger partial charge < -0.3 is 5.32 Å². The SMILES string of the molecule is O=C(Nc1cc2cc(-c3cncs3)ccc2cn1)C1CC2(C1)CN(CCF)C2. The van der Waals surface area contributed by atoms with Gasteiger partial charge in [-0.05, 0) is 41.3 Å². The lowest BCUT2D eigenvalue weighted by atomic mass is 9.57. The molecule has 1 spiro atoms. The predicted molar refractivity (Wildman–Crippen MR) is 109 cm³/mol. The number of pyridine rings is 1. The number of carbonyl (C=O) groups is 1. The van der Waals surface area contributed by atoms with Crippen LogP contribution < -0.4 is 5.32 Å². The monoisotopic (exact) mass is 396 g/mol. The molecule has 1 saturated heterocycles. The van der Waals surface area contributed by atoms with Crippen LogP contribution in [0.5, 0.6) is 0 Å². The first kappa shape index (κ1) is 17.7. The lowest BCUT2D eigenvalue weighted by Crippen LogP contribution is -2.63. The van der Waals surface area contributed by atoms with E-state index in [1.807, 2.05) is 23.8 Å². The summed E-state index contributed by atoms with van der Waals surface area (Å²) in [5.41, 5.74) is 3.18. The second-order valence-corrected chi connectivity index (χ2v) is 8.88. The zero-order valence-corrected chi connectivity index (χ0v) is 16.2. The highest BCUT2D eigenvalue weighted by Gasteiger charge is 2.53. The zero-order valence-electron chi connectivity index (χ0n) is 15.4. The molecule has 0 unspecified atom stereocenters. The summed E-state index contributed by atoms with van der Waals surface area (Å²) in [6, 6.07) is 8.14. The number of hydrogen-bond acceptors (Lipinski definition) is 5. The number of nitrogens with zero attached hydrogens (tertiary/aromatic N) is 3. The number of rotatable bonds is 5. The van der Waals surface area contributed by atoms with Crippen molar-refractivity contribution in [1.29, 1.82) is 0 Å². The highest BCUT2D eigenvalue weighted by atomic mass is 32.1. The van der Waals surface area contributed by atoms with Crippen molar-refractivity contribution < 1.29 is 9.18 Å². The number of amides is 1. The number of anilines is 1. The molecule has 144 valence electrons. The fourth-order valence-electron chi connectivity index (χ4n) is 4.56. The Morgan fingerprint density at radius 2 is 2.11 bits per heavy atom. The molecule has 1 saturated carbocycles. The molecule has 2 aliphatic rings. The number of fused-ring (bicyclic) bond motifs is 1. The van der Waals surface area contributed by atoms with Crippen LogP contribution in [0.3, 0.4) is 0 Å². The Morgan fingerprint density at radius 1 is 1.25 bits per heavy atom. The second kappa shape index (κ2) is 6.90. The summed E-state index contributed by atoms with van der Waals surface area (Å²) in [6.07, 6.45) is 5.44. The number of halogens is 1. The van der Waals surface area contributed by atoms with Crippen molar-refractivity contribution in [3.8, 4) is 10.4 Å². The van der Waals surface area contributed by atoms with Gasteiger partial charge in [0.1, 0.15) is 12.5 Å². The van der Waals surface area contributed by atoms with Crippen molar-refractivity contribution in [3.63, 3.8) is 0 Å². The number of likely N-dealkylation sites (tertiary alicyclic amines) is 1. The van der Waals surface area contributed by atoms with Crippen LogP contribution in [-0.2, 0) is 4.79 Å². The molecule has 1 N–H and O–H groups in total. The average molecular weight is 396 g/mol. The summed E-state index contributed by atoms with van der Waals surface area (Å²) in [5, 5.41) is 5.06. The molecule has 7 heteroatoms. The number of carbonyl (C=O) groups excluding carboxylic acids is 1. The molecule has 5 nitrogen and oxygen atoms in total. The van der Waals surface area contributed by atoms with E-state index < -0.39 is 0 Å². The summed E-state index contributed by atoms with van der Waals surface area (Å²) in [6.45, 7) is 2.08. The van der Waals surface area contributed by atoms with Gasteiger partial charge in [0, 0.05) is 43.3 Å². The summed E-state index contributed by atoms with van der Waals surface area (Å²) >= 11 is 1.60. The van der Waals surface area contributed by atoms with Gasteiger partial charge in [-0.15, -0.1) is 11.3 Å². The van der Waals surface area contributed by atoms with Gasteiger partial charge >= 0.3 is 0 Å². The summed E-state index contributed by atoms with van der Waals surface area (Å²) in [7, 11) is 0. The third-order valence-corrected chi connectivity index (χ3v) is 6.76. The lowest BCUT2D eigenvalue weighted by molar-refractivity contribution is -0.139. The maximum absolute atomic E-state index is 12.6. The summed E-state index contributed by atoms with van der Waals surface area (Å²) < 4.78 is 12.4. The maximum atomic E-state index is 12.6. The molecule has 3 heterocycles. The van der Waals surface area contributed by atoms with Crippen LogP contribution in [0.1, 0.15) is 12.8 Å². The molecule has 3 aromatic rings. The van der Waals surface area contributed by atoms with Crippen molar-refractivity contribution in [2.24, 2.45) is 11.3 Å². The molecule has 0 atom stereocenters. The number of benzene rings is 1. The van der Waals surface area contributed by atoms with Crippen molar-refractivity contribution in [2.45, 2.75) is 12.8 Å². The van der Waals surface area contributed by atoms with Crippen molar-refractivity contribution in [2.75, 3.05) is 31.6 Å². The lowest BCUT2D eigenvalue weighted by Gasteiger charge is -2.58. The molecular weight excluding hydrogens is 375 g/mol. The van der Waals surface area contributed by atoms with Crippen LogP contribution in [0.2, 0.25) is 0 Å². The van der Waals surface area contributed by atoms with Gasteiger partial charge in [0.05, 0.1) is 10.4 Å². The van der Waals surface area contributed by atoms with Crippen molar-refractivity contribution in [1.82, 2.24) is 14.9 Å². The first-order valence-electron chi connectivity index (χ1n) is 9.52. The van der Waals surface area contributed by atoms with E-state index in [0.29, 0.717) is 12.4 Å². The summed E-state index contributed by atoms with van der Waals surface area (Å²) in [4.78, 5) is 24.4. The van der Waals surface area contributed by atoms with Crippen LogP contribution in [0.4, 0.5) is 10.2 Å². The van der Waals surface area contributed by atoms with E-state index >= 15 is 0 Å². The van der Waals surface area contributed by atoms with Crippen molar-refractivity contribution in [3.05, 3.63) is 42.2 Å². The number of alkyl halides is 1. The minimum atomic E-state index is -0.293. The molecule has 1 aliphatic carbocycles. The molecule has 2 aromatic heterocycles. The van der Waals surface area contributed by atoms with E-state index in [1.54, 1.807) is 17.5 Å². The Morgan fingerprint density at radius 3 is 2.86 bits per heavy atom. The van der Waals surface area contributed by atoms with Crippen LogP contribution in [0.25, 0.3) is 21.2 Å². The number of hydrogen-bond donors (Lipinski definition) is 1. The van der Waals surface area contributed by atoms with Crippen molar-refractivity contribution >= 4 is 33.8 Å². The molecule has 28 heavy (non-hydrogen) atoms. The Hall–Kier alpha value is -2.38. The Labute approximate surface area is 166 Å². The quantitative estimate of drug-likeness (QED) is 0.709. The molecule has 5 rings (SSSR count). The smallest absolute Gasteiger partial charge is 0.228 e. The first-order chi connectivity index (χ1) is 13.6. The van der Waals surface area contributed by atoms with E-state index in [9.17, 15) is 9.18 Å². The fraction of sp³-hybridized carbons (Fsp3) is 0.381. The average Bonchev–Trinajstić information content (AvgIpc) is 3.16. The van der Waals surface area contributed by atoms with Gasteiger partial charge in [0.2, 0.25) is 5.91 Å². The highest BCUT2D eigenvalue weighted by Crippen LogP contribution is 2.52. The molecule has 2 fully saturated rings. The van der Waals surface area contributed by atoms with Crippen LogP contribution >= 0.6 is 11.3 Å². The first-order valence-corrected chi connectivity index (χ1v) is 10.4. The van der Waals surface area contributed by atoms with Gasteiger partial charge in [-0.25, -0.2) is 9.37 Å². The van der Waals surface area contributed by atoms with Crippen LogP contribution in [-0.4, -0.2) is 47.1 Å². The molecular formula is C21H21FN4OS. The minimum absolute atomic E-state index is 0.0357. The Balaban J connectivity index is 1.25. The van der Waals surface area contributed by atoms with Gasteiger partial charge in [0.25, 0.3) is 0 Å². The van der Waals surface area contributed by atoms with E-state index in [0.717, 1.165) is 47.1 Å².